The van der Waals surface area contributed by atoms with E-state index in [-0.39, 0.29) is 0 Å². The Morgan fingerprint density at radius 1 is 1.27 bits per heavy atom. The number of carbonyl (C=O) groups excluding carboxylic acids is 1. The molecule has 3 rings (SSSR count). The minimum Gasteiger partial charge on any atom is -0.479 e. The first kappa shape index (κ1) is 15.4. The van der Waals surface area contributed by atoms with E-state index in [1.165, 1.54) is 38.0 Å². The summed E-state index contributed by atoms with van der Waals surface area (Å²) in [5.41, 5.74) is 6.65. The molecule has 5 nitrogen and oxygen atoms in total. The first-order chi connectivity index (χ1) is 10.3. The summed E-state index contributed by atoms with van der Waals surface area (Å²) >= 11 is 0. The minimum atomic E-state index is -0.624. The molecule has 2 N–H and O–H groups in total. The van der Waals surface area contributed by atoms with E-state index in [1.807, 2.05) is 0 Å². The first-order valence-electron chi connectivity index (χ1n) is 8.15. The van der Waals surface area contributed by atoms with Crippen molar-refractivity contribution in [2.45, 2.75) is 58.5 Å². The van der Waals surface area contributed by atoms with Gasteiger partial charge < -0.3 is 15.2 Å². The molecule has 1 amide bonds. The fourth-order valence-corrected chi connectivity index (χ4v) is 4.16. The third-order valence-corrected chi connectivity index (χ3v) is 5.31. The van der Waals surface area contributed by atoms with E-state index in [0.29, 0.717) is 23.3 Å². The summed E-state index contributed by atoms with van der Waals surface area (Å²) in [6, 6.07) is 0. The van der Waals surface area contributed by atoms with Crippen molar-refractivity contribution in [3.05, 3.63) is 12.0 Å². The lowest BCUT2D eigenvalue weighted by molar-refractivity contribution is 0.0605. The highest BCUT2D eigenvalue weighted by Crippen LogP contribution is 2.93. The summed E-state index contributed by atoms with van der Waals surface area (Å²) in [4.78, 5) is 15.0. The summed E-state index contributed by atoms with van der Waals surface area (Å²) < 4.78 is 10.6. The van der Waals surface area contributed by atoms with E-state index in [0.717, 1.165) is 12.3 Å². The van der Waals surface area contributed by atoms with Gasteiger partial charge in [0.15, 0.2) is 5.88 Å². The fraction of sp³-hybridized carbons (Fsp3) is 0.765. The van der Waals surface area contributed by atoms with Gasteiger partial charge in [-0.15, -0.1) is 0 Å². The molecule has 22 heavy (non-hydrogen) atoms. The van der Waals surface area contributed by atoms with Gasteiger partial charge in [0.1, 0.15) is 5.60 Å². The molecule has 0 bridgehead atoms. The Hall–Kier alpha value is -1.52. The molecule has 0 saturated heterocycles. The normalized spacial score (nSPS) is 27.2. The molecule has 3 aliphatic rings. The predicted octanol–water partition coefficient (Wildman–Crippen LogP) is 3.39. The number of allylic oxidation sites excluding steroid dienone is 1. The van der Waals surface area contributed by atoms with Crippen LogP contribution < -0.4 is 5.73 Å². The maximum Gasteiger partial charge on any atom is 0.434 e. The van der Waals surface area contributed by atoms with Crippen LogP contribution in [0.3, 0.4) is 0 Å². The molecule has 2 spiro atoms. The van der Waals surface area contributed by atoms with Crippen LogP contribution in [0.5, 0.6) is 0 Å². The largest absolute Gasteiger partial charge is 0.479 e. The van der Waals surface area contributed by atoms with E-state index in [1.54, 1.807) is 20.8 Å². The van der Waals surface area contributed by atoms with Crippen LogP contribution in [0.1, 0.15) is 52.9 Å². The van der Waals surface area contributed by atoms with Gasteiger partial charge in [-0.1, -0.05) is 0 Å². The third kappa shape index (κ3) is 2.85. The third-order valence-electron chi connectivity index (χ3n) is 5.31. The summed E-state index contributed by atoms with van der Waals surface area (Å²) in [5, 5.41) is 0. The second-order valence-corrected chi connectivity index (χ2v) is 7.83. The van der Waals surface area contributed by atoms with Gasteiger partial charge in [-0.3, -0.25) is 0 Å². The van der Waals surface area contributed by atoms with Gasteiger partial charge in [0.2, 0.25) is 0 Å². The van der Waals surface area contributed by atoms with Crippen molar-refractivity contribution in [1.29, 1.82) is 0 Å². The molecule has 0 aromatic heterocycles. The minimum absolute atomic E-state index is 0.294. The highest BCUT2D eigenvalue weighted by atomic mass is 16.6. The molecule has 0 aliphatic heterocycles. The molecule has 0 heterocycles. The highest BCUT2D eigenvalue weighted by molar-refractivity contribution is 5.84. The SMILES string of the molecule is CC(C)(C)OC(=O)/N=C/C=C(\N)OCCC1C2(CC2)C12CC2. The molecular weight excluding hydrogens is 280 g/mol. The van der Waals surface area contributed by atoms with Crippen LogP contribution in [0.25, 0.3) is 0 Å². The van der Waals surface area contributed by atoms with Crippen molar-refractivity contribution < 1.29 is 14.3 Å². The smallest absolute Gasteiger partial charge is 0.434 e. The lowest BCUT2D eigenvalue weighted by Gasteiger charge is -2.16. The molecule has 0 aromatic rings. The van der Waals surface area contributed by atoms with Gasteiger partial charge in [-0.2, -0.15) is 4.99 Å². The molecule has 0 atom stereocenters. The van der Waals surface area contributed by atoms with Crippen molar-refractivity contribution in [2.24, 2.45) is 27.5 Å². The van der Waals surface area contributed by atoms with E-state index in [4.69, 9.17) is 15.2 Å². The van der Waals surface area contributed by atoms with Crippen LogP contribution in [0.2, 0.25) is 0 Å². The van der Waals surface area contributed by atoms with Crippen molar-refractivity contribution in [2.75, 3.05) is 6.61 Å². The molecule has 5 heteroatoms. The van der Waals surface area contributed by atoms with Crippen LogP contribution in [-0.4, -0.2) is 24.5 Å². The number of ether oxygens (including phenoxy) is 2. The zero-order valence-corrected chi connectivity index (χ0v) is 13.7. The number of hydrogen-bond donors (Lipinski definition) is 1. The number of rotatable bonds is 5. The van der Waals surface area contributed by atoms with E-state index < -0.39 is 11.7 Å². The number of amides is 1. The zero-order valence-electron chi connectivity index (χ0n) is 13.7. The lowest BCUT2D eigenvalue weighted by atomic mass is 10.2. The maximum atomic E-state index is 11.4. The number of fused-ring (bicyclic) bond motifs is 1. The Morgan fingerprint density at radius 3 is 2.36 bits per heavy atom. The quantitative estimate of drug-likeness (QED) is 0.624. The monoisotopic (exact) mass is 306 g/mol. The summed E-state index contributed by atoms with van der Waals surface area (Å²) in [6.07, 6.45) is 8.98. The summed E-state index contributed by atoms with van der Waals surface area (Å²) in [6.45, 7) is 6.04. The lowest BCUT2D eigenvalue weighted by Crippen LogP contribution is -2.21. The van der Waals surface area contributed by atoms with E-state index in [9.17, 15) is 4.79 Å². The molecule has 0 unspecified atom stereocenters. The summed E-state index contributed by atoms with van der Waals surface area (Å²) in [5.74, 6) is 1.16. The standard InChI is InChI=1S/C17H26N2O3/c1-15(2,3)22-14(20)19-10-4-13(18)21-11-5-12-16(6-7-16)17(12)8-9-17/h4,10,12H,5-9,11,18H2,1-3H3/b13-4+,19-10+. The average molecular weight is 306 g/mol. The Bertz CT molecular complexity index is 505. The predicted molar refractivity (Wildman–Crippen MR) is 84.4 cm³/mol. The number of nitrogens with zero attached hydrogens (tertiary/aromatic N) is 1. The maximum absolute atomic E-state index is 11.4. The van der Waals surface area contributed by atoms with Crippen LogP contribution in [-0.2, 0) is 9.47 Å². The van der Waals surface area contributed by atoms with Crippen molar-refractivity contribution in [1.82, 2.24) is 0 Å². The van der Waals surface area contributed by atoms with Crippen molar-refractivity contribution in [3.8, 4) is 0 Å². The number of hydrogen-bond acceptors (Lipinski definition) is 4. The van der Waals surface area contributed by atoms with Gasteiger partial charge >= 0.3 is 6.09 Å². The van der Waals surface area contributed by atoms with Crippen LogP contribution >= 0.6 is 0 Å². The number of nitrogens with two attached hydrogens (primary N) is 1. The molecule has 3 fully saturated rings. The zero-order chi connectivity index (χ0) is 16.0. The topological polar surface area (TPSA) is 73.9 Å². The number of carbonyl (C=O) groups is 1. The highest BCUT2D eigenvalue weighted by Gasteiger charge is 2.85. The Balaban J connectivity index is 1.35. The van der Waals surface area contributed by atoms with E-state index in [2.05, 4.69) is 4.99 Å². The van der Waals surface area contributed by atoms with Gasteiger partial charge in [0.05, 0.1) is 6.61 Å². The van der Waals surface area contributed by atoms with Crippen LogP contribution in [0, 0.1) is 16.7 Å². The fourth-order valence-electron chi connectivity index (χ4n) is 4.16. The Morgan fingerprint density at radius 2 is 1.86 bits per heavy atom. The first-order valence-corrected chi connectivity index (χ1v) is 8.15. The van der Waals surface area contributed by atoms with Crippen molar-refractivity contribution >= 4 is 12.3 Å². The number of aliphatic imine (C=N–C) groups is 1. The molecule has 0 aromatic carbocycles. The molecule has 3 saturated carbocycles. The second kappa shape index (κ2) is 5.00. The van der Waals surface area contributed by atoms with Gasteiger partial charge in [0.25, 0.3) is 0 Å². The van der Waals surface area contributed by atoms with Crippen LogP contribution in [0.15, 0.2) is 17.0 Å². The Kier molecular flexibility index (Phi) is 3.49. The van der Waals surface area contributed by atoms with Crippen molar-refractivity contribution in [3.63, 3.8) is 0 Å². The molecule has 3 aliphatic carbocycles. The van der Waals surface area contributed by atoms with E-state index >= 15 is 0 Å². The van der Waals surface area contributed by atoms with Gasteiger partial charge in [-0.25, -0.2) is 4.79 Å². The van der Waals surface area contributed by atoms with Crippen LogP contribution in [0.4, 0.5) is 4.79 Å². The summed E-state index contributed by atoms with van der Waals surface area (Å²) in [7, 11) is 0. The molecule has 122 valence electrons. The molecular formula is C17H26N2O3. The Labute approximate surface area is 131 Å². The van der Waals surface area contributed by atoms with Gasteiger partial charge in [0, 0.05) is 12.3 Å². The van der Waals surface area contributed by atoms with Gasteiger partial charge in [-0.05, 0) is 69.6 Å². The molecule has 0 radical (unpaired) electrons. The average Bonchev–Trinajstić information content (AvgIpc) is 3.26. The second-order valence-electron chi connectivity index (χ2n) is 7.83.